The molecule has 374 valence electrons. The van der Waals surface area contributed by atoms with E-state index >= 15 is 0 Å². The number of ether oxygens (including phenoxy) is 3. The van der Waals surface area contributed by atoms with Gasteiger partial charge in [-0.1, -0.05) is 249 Å². The summed E-state index contributed by atoms with van der Waals surface area (Å²) in [7, 11) is 0. The Labute approximate surface area is 399 Å². The lowest BCUT2D eigenvalue weighted by Gasteiger charge is -2.18. The molecule has 0 aromatic heterocycles. The van der Waals surface area contributed by atoms with Gasteiger partial charge in [0.15, 0.2) is 6.10 Å². The van der Waals surface area contributed by atoms with E-state index in [9.17, 15) is 9.59 Å². The van der Waals surface area contributed by atoms with Crippen molar-refractivity contribution in [1.82, 2.24) is 0 Å². The van der Waals surface area contributed by atoms with E-state index in [0.717, 1.165) is 64.2 Å². The highest BCUT2D eigenvalue weighted by atomic mass is 16.6. The molecule has 5 nitrogen and oxygen atoms in total. The molecule has 0 fully saturated rings. The Morgan fingerprint density at radius 1 is 0.344 bits per heavy atom. The van der Waals surface area contributed by atoms with E-state index in [-0.39, 0.29) is 25.2 Å². The van der Waals surface area contributed by atoms with Gasteiger partial charge in [-0.05, 0) is 77.0 Å². The van der Waals surface area contributed by atoms with Crippen molar-refractivity contribution < 1.29 is 23.8 Å². The van der Waals surface area contributed by atoms with E-state index in [1.54, 1.807) is 0 Å². The summed E-state index contributed by atoms with van der Waals surface area (Å²) in [5, 5.41) is 0. The van der Waals surface area contributed by atoms with Crippen molar-refractivity contribution >= 4 is 11.9 Å². The van der Waals surface area contributed by atoms with Crippen molar-refractivity contribution in [2.45, 2.75) is 297 Å². The fourth-order valence-electron chi connectivity index (χ4n) is 8.11. The quantitative estimate of drug-likeness (QED) is 0.0346. The summed E-state index contributed by atoms with van der Waals surface area (Å²) in [6, 6.07) is 0. The zero-order valence-corrected chi connectivity index (χ0v) is 43.1. The first-order chi connectivity index (χ1) is 31.6. The molecule has 0 spiro atoms. The molecule has 0 aliphatic rings. The van der Waals surface area contributed by atoms with Crippen molar-refractivity contribution in [3.63, 3.8) is 0 Å². The molecule has 0 aromatic carbocycles. The topological polar surface area (TPSA) is 61.8 Å². The normalized spacial score (nSPS) is 12.5. The van der Waals surface area contributed by atoms with Gasteiger partial charge in [0.05, 0.1) is 6.61 Å². The second kappa shape index (κ2) is 55.2. The average molecular weight is 898 g/mol. The van der Waals surface area contributed by atoms with Gasteiger partial charge in [0.2, 0.25) is 0 Å². The second-order valence-corrected chi connectivity index (χ2v) is 18.8. The van der Waals surface area contributed by atoms with Crippen molar-refractivity contribution in [2.75, 3.05) is 19.8 Å². The van der Waals surface area contributed by atoms with Gasteiger partial charge in [-0.15, -0.1) is 0 Å². The molecule has 0 saturated heterocycles. The van der Waals surface area contributed by atoms with Crippen LogP contribution in [-0.2, 0) is 23.8 Å². The van der Waals surface area contributed by atoms with Crippen LogP contribution in [0, 0.1) is 0 Å². The Balaban J connectivity index is 4.24. The maximum absolute atomic E-state index is 12.8. The summed E-state index contributed by atoms with van der Waals surface area (Å²) < 4.78 is 17.4. The highest BCUT2D eigenvalue weighted by Crippen LogP contribution is 2.16. The van der Waals surface area contributed by atoms with Crippen LogP contribution in [0.5, 0.6) is 0 Å². The zero-order valence-electron chi connectivity index (χ0n) is 43.1. The monoisotopic (exact) mass is 897 g/mol. The van der Waals surface area contributed by atoms with Crippen molar-refractivity contribution in [3.05, 3.63) is 48.6 Å². The van der Waals surface area contributed by atoms with Gasteiger partial charge in [-0.3, -0.25) is 9.59 Å². The molecule has 0 aliphatic heterocycles. The molecule has 5 heteroatoms. The van der Waals surface area contributed by atoms with E-state index in [2.05, 4.69) is 69.4 Å². The first-order valence-electron chi connectivity index (χ1n) is 28.2. The van der Waals surface area contributed by atoms with Crippen LogP contribution in [0.15, 0.2) is 48.6 Å². The predicted octanol–water partition coefficient (Wildman–Crippen LogP) is 19.1. The number of rotatable bonds is 52. The SMILES string of the molecule is CCC/C=C\C/C=C\CCCCCCCCOCC(COC(=O)CCCCCCCCCCCCCCCCCCCCC)OC(=O)CCCCCCC/C=C\C/C=C\CCCCC. The third-order valence-electron chi connectivity index (χ3n) is 12.3. The van der Waals surface area contributed by atoms with Gasteiger partial charge >= 0.3 is 11.9 Å². The van der Waals surface area contributed by atoms with Crippen molar-refractivity contribution in [3.8, 4) is 0 Å². The standard InChI is InChI=1S/C59H108O5/c1-4-7-10-13-16-19-22-25-28-29-30-31-33-34-37-40-43-46-49-52-58(60)63-56-57(55-62-54-51-48-45-42-39-36-27-24-21-18-15-12-9-6-3)64-59(61)53-50-47-44-41-38-35-32-26-23-20-17-14-11-8-5-2/h12,15,17,20-21,24,26,32,57H,4-11,13-14,16,18-19,22-23,25,27-31,33-56H2,1-3H3/b15-12-,20-17-,24-21-,32-26-. The minimum atomic E-state index is -0.547. The molecule has 0 rings (SSSR count). The van der Waals surface area contributed by atoms with E-state index in [1.807, 2.05) is 0 Å². The van der Waals surface area contributed by atoms with Gasteiger partial charge in [0.1, 0.15) is 6.61 Å². The Morgan fingerprint density at radius 3 is 1.12 bits per heavy atom. The van der Waals surface area contributed by atoms with Crippen LogP contribution in [0.1, 0.15) is 290 Å². The van der Waals surface area contributed by atoms with E-state index in [4.69, 9.17) is 14.2 Å². The number of hydrogen-bond acceptors (Lipinski definition) is 5. The van der Waals surface area contributed by atoms with Crippen LogP contribution < -0.4 is 0 Å². The highest BCUT2D eigenvalue weighted by molar-refractivity contribution is 5.70. The summed E-state index contributed by atoms with van der Waals surface area (Å²) >= 11 is 0. The van der Waals surface area contributed by atoms with Crippen molar-refractivity contribution in [1.29, 1.82) is 0 Å². The molecular weight excluding hydrogens is 789 g/mol. The fourth-order valence-corrected chi connectivity index (χ4v) is 8.11. The molecule has 1 atom stereocenters. The summed E-state index contributed by atoms with van der Waals surface area (Å²) in [5.41, 5.74) is 0. The molecule has 0 aliphatic carbocycles. The van der Waals surface area contributed by atoms with E-state index in [0.29, 0.717) is 19.4 Å². The Bertz CT molecular complexity index is 1060. The molecule has 0 bridgehead atoms. The largest absolute Gasteiger partial charge is 0.462 e. The zero-order chi connectivity index (χ0) is 46.3. The summed E-state index contributed by atoms with van der Waals surface area (Å²) in [6.45, 7) is 7.75. The smallest absolute Gasteiger partial charge is 0.306 e. The molecular formula is C59H108O5. The Kier molecular flexibility index (Phi) is 53.3. The number of unbranched alkanes of at least 4 members (excludes halogenated alkanes) is 33. The van der Waals surface area contributed by atoms with Crippen LogP contribution in [-0.4, -0.2) is 37.9 Å². The lowest BCUT2D eigenvalue weighted by molar-refractivity contribution is -0.163. The third-order valence-corrected chi connectivity index (χ3v) is 12.3. The van der Waals surface area contributed by atoms with Crippen molar-refractivity contribution in [2.24, 2.45) is 0 Å². The molecule has 0 N–H and O–H groups in total. The van der Waals surface area contributed by atoms with E-state index in [1.165, 1.54) is 193 Å². The molecule has 0 radical (unpaired) electrons. The maximum Gasteiger partial charge on any atom is 0.306 e. The first kappa shape index (κ1) is 61.9. The Morgan fingerprint density at radius 2 is 0.688 bits per heavy atom. The van der Waals surface area contributed by atoms with Crippen LogP contribution in [0.4, 0.5) is 0 Å². The maximum atomic E-state index is 12.8. The number of allylic oxidation sites excluding steroid dienone is 8. The average Bonchev–Trinajstić information content (AvgIpc) is 3.30. The van der Waals surface area contributed by atoms with Gasteiger partial charge in [0, 0.05) is 19.4 Å². The molecule has 0 aromatic rings. The number of esters is 2. The second-order valence-electron chi connectivity index (χ2n) is 18.8. The summed E-state index contributed by atoms with van der Waals surface area (Å²) in [5.74, 6) is -0.405. The molecule has 1 unspecified atom stereocenters. The van der Waals surface area contributed by atoms with E-state index < -0.39 is 6.10 Å². The van der Waals surface area contributed by atoms with Crippen LogP contribution in [0.2, 0.25) is 0 Å². The number of hydrogen-bond donors (Lipinski definition) is 0. The molecule has 0 heterocycles. The lowest BCUT2D eigenvalue weighted by atomic mass is 10.0. The lowest BCUT2D eigenvalue weighted by Crippen LogP contribution is -2.30. The van der Waals surface area contributed by atoms with Gasteiger partial charge in [-0.2, -0.15) is 0 Å². The first-order valence-corrected chi connectivity index (χ1v) is 28.2. The van der Waals surface area contributed by atoms with Crippen LogP contribution >= 0.6 is 0 Å². The number of carbonyl (C=O) groups is 2. The summed E-state index contributed by atoms with van der Waals surface area (Å²) in [6.07, 6.45) is 68.4. The van der Waals surface area contributed by atoms with Gasteiger partial charge in [0.25, 0.3) is 0 Å². The molecule has 0 saturated carbocycles. The minimum absolute atomic E-state index is 0.0787. The predicted molar refractivity (Wildman–Crippen MR) is 279 cm³/mol. The molecule has 0 amide bonds. The number of carbonyl (C=O) groups excluding carboxylic acids is 2. The van der Waals surface area contributed by atoms with Gasteiger partial charge in [-0.25, -0.2) is 0 Å². The molecule has 64 heavy (non-hydrogen) atoms. The fraction of sp³-hybridized carbons (Fsp3) is 0.831. The third kappa shape index (κ3) is 52.5. The van der Waals surface area contributed by atoms with Gasteiger partial charge < -0.3 is 14.2 Å². The minimum Gasteiger partial charge on any atom is -0.462 e. The van der Waals surface area contributed by atoms with Crippen LogP contribution in [0.25, 0.3) is 0 Å². The summed E-state index contributed by atoms with van der Waals surface area (Å²) in [4.78, 5) is 25.5. The highest BCUT2D eigenvalue weighted by Gasteiger charge is 2.17. The van der Waals surface area contributed by atoms with Crippen LogP contribution in [0.3, 0.4) is 0 Å². The Hall–Kier alpha value is -2.14.